The number of hydrogen-bond donors (Lipinski definition) is 1. The number of nitrogens with zero attached hydrogens (tertiary/aromatic N) is 1. The second kappa shape index (κ2) is 6.76. The van der Waals surface area contributed by atoms with E-state index in [9.17, 15) is 4.79 Å². The molecule has 0 saturated carbocycles. The number of hydrogen-bond acceptors (Lipinski definition) is 4. The van der Waals surface area contributed by atoms with Crippen molar-refractivity contribution in [1.29, 1.82) is 0 Å². The predicted molar refractivity (Wildman–Crippen MR) is 103 cm³/mol. The average Bonchev–Trinajstić information content (AvgIpc) is 3.09. The van der Waals surface area contributed by atoms with Gasteiger partial charge in [0.15, 0.2) is 0 Å². The van der Waals surface area contributed by atoms with Crippen LogP contribution in [0.1, 0.15) is 31.2 Å². The number of fused-ring (bicyclic) bond motifs is 1. The van der Waals surface area contributed by atoms with Crippen molar-refractivity contribution in [3.63, 3.8) is 0 Å². The molecule has 0 spiro atoms. The molecule has 2 heterocycles. The van der Waals surface area contributed by atoms with Crippen LogP contribution >= 0.6 is 27.3 Å². The van der Waals surface area contributed by atoms with Gasteiger partial charge in [0.2, 0.25) is 0 Å². The van der Waals surface area contributed by atoms with E-state index >= 15 is 0 Å². The van der Waals surface area contributed by atoms with Crippen LogP contribution in [0.2, 0.25) is 0 Å². The Morgan fingerprint density at radius 1 is 1.38 bits per heavy atom. The molecule has 0 fully saturated rings. The molecule has 6 heteroatoms. The van der Waals surface area contributed by atoms with Gasteiger partial charge in [-0.15, -0.1) is 11.3 Å². The van der Waals surface area contributed by atoms with Gasteiger partial charge in [-0.3, -0.25) is 4.90 Å². The van der Waals surface area contributed by atoms with Gasteiger partial charge in [0.1, 0.15) is 5.60 Å². The van der Waals surface area contributed by atoms with Gasteiger partial charge in [0.05, 0.1) is 12.2 Å². The van der Waals surface area contributed by atoms with Crippen molar-refractivity contribution in [3.05, 3.63) is 44.6 Å². The van der Waals surface area contributed by atoms with E-state index in [4.69, 9.17) is 4.74 Å². The highest BCUT2D eigenvalue weighted by Crippen LogP contribution is 2.32. The van der Waals surface area contributed by atoms with Crippen LogP contribution in [0.4, 0.5) is 16.2 Å². The maximum atomic E-state index is 12.3. The third-order valence-corrected chi connectivity index (χ3v) is 5.66. The smallest absolute Gasteiger partial charge is 0.414 e. The van der Waals surface area contributed by atoms with Crippen LogP contribution in [-0.2, 0) is 17.7 Å². The molecule has 1 aliphatic rings. The van der Waals surface area contributed by atoms with Gasteiger partial charge >= 0.3 is 6.09 Å². The summed E-state index contributed by atoms with van der Waals surface area (Å²) in [5.41, 5.74) is 2.72. The highest BCUT2D eigenvalue weighted by molar-refractivity contribution is 9.10. The van der Waals surface area contributed by atoms with E-state index in [0.717, 1.165) is 28.8 Å². The Morgan fingerprint density at radius 2 is 2.17 bits per heavy atom. The molecule has 1 aliphatic heterocycles. The lowest BCUT2D eigenvalue weighted by molar-refractivity contribution is 0.0584. The van der Waals surface area contributed by atoms with E-state index < -0.39 is 5.60 Å². The van der Waals surface area contributed by atoms with Crippen LogP contribution in [0.5, 0.6) is 0 Å². The van der Waals surface area contributed by atoms with Crippen LogP contribution in [-0.4, -0.2) is 18.2 Å². The molecule has 0 bridgehead atoms. The molecule has 1 aromatic carbocycles. The molecular weight excluding hydrogens is 388 g/mol. The summed E-state index contributed by atoms with van der Waals surface area (Å²) in [6.45, 7) is 7.11. The van der Waals surface area contributed by atoms with Crippen molar-refractivity contribution in [1.82, 2.24) is 0 Å². The Morgan fingerprint density at radius 3 is 2.83 bits per heavy atom. The maximum absolute atomic E-state index is 12.3. The predicted octanol–water partition coefficient (Wildman–Crippen LogP) is 5.42. The fourth-order valence-corrected chi connectivity index (χ4v) is 4.08. The van der Waals surface area contributed by atoms with Gasteiger partial charge in [0, 0.05) is 21.6 Å². The lowest BCUT2D eigenvalue weighted by Crippen LogP contribution is -2.35. The second-order valence-electron chi connectivity index (χ2n) is 6.77. The number of ether oxygens (including phenoxy) is 1. The lowest BCUT2D eigenvalue weighted by atomic mass is 10.1. The number of carbonyl (C=O) groups is 1. The summed E-state index contributed by atoms with van der Waals surface area (Å²) in [6, 6.07) is 8.20. The monoisotopic (exact) mass is 408 g/mol. The zero-order chi connectivity index (χ0) is 17.3. The third kappa shape index (κ3) is 3.92. The Hall–Kier alpha value is -1.53. The number of rotatable bonds is 3. The Balaban J connectivity index is 1.69. The summed E-state index contributed by atoms with van der Waals surface area (Å²) in [5.74, 6) is 0. The Bertz CT molecular complexity index is 752. The van der Waals surface area contributed by atoms with E-state index in [-0.39, 0.29) is 6.09 Å². The van der Waals surface area contributed by atoms with Crippen LogP contribution in [0.15, 0.2) is 34.1 Å². The Kier molecular flexibility index (Phi) is 4.88. The van der Waals surface area contributed by atoms with Gasteiger partial charge in [-0.1, -0.05) is 0 Å². The molecule has 3 rings (SSSR count). The molecule has 24 heavy (non-hydrogen) atoms. The van der Waals surface area contributed by atoms with Crippen molar-refractivity contribution in [2.45, 2.75) is 39.3 Å². The summed E-state index contributed by atoms with van der Waals surface area (Å²) in [6.07, 6.45) is 0.580. The second-order valence-corrected chi connectivity index (χ2v) is 8.63. The average molecular weight is 409 g/mol. The number of carbonyl (C=O) groups excluding carboxylic acids is 1. The summed E-state index contributed by atoms with van der Waals surface area (Å²) >= 11 is 5.27. The molecule has 0 unspecified atom stereocenters. The van der Waals surface area contributed by atoms with Crippen molar-refractivity contribution < 1.29 is 9.53 Å². The molecule has 0 aliphatic carbocycles. The summed E-state index contributed by atoms with van der Waals surface area (Å²) in [5, 5.41) is 5.52. The van der Waals surface area contributed by atoms with Crippen molar-refractivity contribution >= 4 is 44.7 Å². The number of nitrogens with one attached hydrogen (secondary N) is 1. The first-order valence-electron chi connectivity index (χ1n) is 7.93. The van der Waals surface area contributed by atoms with Crippen molar-refractivity contribution in [3.8, 4) is 0 Å². The topological polar surface area (TPSA) is 41.6 Å². The SMILES string of the molecule is CC(C)(C)OC(=O)N1CCc2cc(NCc3sccc3Br)ccc21. The van der Waals surface area contributed by atoms with E-state index in [1.165, 1.54) is 10.4 Å². The third-order valence-electron chi connectivity index (χ3n) is 3.73. The van der Waals surface area contributed by atoms with Crippen LogP contribution in [0.3, 0.4) is 0 Å². The van der Waals surface area contributed by atoms with E-state index in [2.05, 4.69) is 38.8 Å². The van der Waals surface area contributed by atoms with Crippen LogP contribution in [0, 0.1) is 0 Å². The van der Waals surface area contributed by atoms with Gasteiger partial charge in [-0.05, 0) is 78.3 Å². The summed E-state index contributed by atoms with van der Waals surface area (Å²) in [7, 11) is 0. The van der Waals surface area contributed by atoms with Crippen LogP contribution < -0.4 is 10.2 Å². The molecule has 1 N–H and O–H groups in total. The van der Waals surface area contributed by atoms with Crippen molar-refractivity contribution in [2.75, 3.05) is 16.8 Å². The van der Waals surface area contributed by atoms with Gasteiger partial charge < -0.3 is 10.1 Å². The minimum Gasteiger partial charge on any atom is -0.443 e. The van der Waals surface area contributed by atoms with Crippen molar-refractivity contribution in [2.24, 2.45) is 0 Å². The molecule has 0 saturated heterocycles. The Labute approximate surface area is 154 Å². The lowest BCUT2D eigenvalue weighted by Gasteiger charge is -2.24. The first kappa shape index (κ1) is 17.3. The van der Waals surface area contributed by atoms with Gasteiger partial charge in [0.25, 0.3) is 0 Å². The minimum atomic E-state index is -0.477. The molecule has 128 valence electrons. The number of halogens is 1. The minimum absolute atomic E-state index is 0.274. The number of amides is 1. The number of benzene rings is 1. The normalized spacial score (nSPS) is 13.8. The highest BCUT2D eigenvalue weighted by atomic mass is 79.9. The van der Waals surface area contributed by atoms with E-state index in [1.54, 1.807) is 16.2 Å². The van der Waals surface area contributed by atoms with E-state index in [0.29, 0.717) is 6.54 Å². The number of anilines is 2. The molecule has 0 radical (unpaired) electrons. The molecular formula is C18H21BrN2O2S. The van der Waals surface area contributed by atoms with Gasteiger partial charge in [-0.25, -0.2) is 4.79 Å². The molecule has 0 atom stereocenters. The zero-order valence-electron chi connectivity index (χ0n) is 14.1. The summed E-state index contributed by atoms with van der Waals surface area (Å²) in [4.78, 5) is 15.3. The quantitative estimate of drug-likeness (QED) is 0.736. The highest BCUT2D eigenvalue weighted by Gasteiger charge is 2.28. The fraction of sp³-hybridized carbons (Fsp3) is 0.389. The molecule has 4 nitrogen and oxygen atoms in total. The van der Waals surface area contributed by atoms with E-state index in [1.807, 2.05) is 32.9 Å². The van der Waals surface area contributed by atoms with Crippen LogP contribution in [0.25, 0.3) is 0 Å². The number of thiophene rings is 1. The zero-order valence-corrected chi connectivity index (χ0v) is 16.5. The summed E-state index contributed by atoms with van der Waals surface area (Å²) < 4.78 is 6.62. The molecule has 2 aromatic rings. The first-order valence-corrected chi connectivity index (χ1v) is 9.60. The molecule has 1 aromatic heterocycles. The first-order chi connectivity index (χ1) is 11.3. The fourth-order valence-electron chi connectivity index (χ4n) is 2.65. The van der Waals surface area contributed by atoms with Gasteiger partial charge in [-0.2, -0.15) is 0 Å². The largest absolute Gasteiger partial charge is 0.443 e. The maximum Gasteiger partial charge on any atom is 0.414 e. The molecule has 1 amide bonds. The standard InChI is InChI=1S/C18H21BrN2O2S/c1-18(2,3)23-17(22)21-8-6-12-10-13(4-5-15(12)21)20-11-16-14(19)7-9-24-16/h4-5,7,9-10,20H,6,8,11H2,1-3H3.